The Balaban J connectivity index is 1.16. The molecule has 5 nitrogen and oxygen atoms in total. The molecule has 0 heterocycles. The molecule has 1 unspecified atom stereocenters. The molecule has 6 rings (SSSR count). The van der Waals surface area contributed by atoms with Crippen LogP contribution in [0.1, 0.15) is 39.8 Å². The van der Waals surface area contributed by atoms with Gasteiger partial charge in [-0.1, -0.05) is 133 Å². The van der Waals surface area contributed by atoms with Crippen LogP contribution in [0, 0.1) is 0 Å². The lowest BCUT2D eigenvalue weighted by atomic mass is 9.84. The highest BCUT2D eigenvalue weighted by Gasteiger charge is 2.37. The third kappa shape index (κ3) is 5.99. The summed E-state index contributed by atoms with van der Waals surface area (Å²) in [5.41, 5.74) is 8.97. The van der Waals surface area contributed by atoms with Crippen LogP contribution in [0.2, 0.25) is 0 Å². The first-order valence-corrected chi connectivity index (χ1v) is 15.7. The number of amides is 1. The lowest BCUT2D eigenvalue weighted by molar-refractivity contribution is -0.139. The lowest BCUT2D eigenvalue weighted by Gasteiger charge is -2.35. The average molecular weight is 600 g/mol. The number of carbonyl (C=O) groups is 2. The van der Waals surface area contributed by atoms with E-state index in [0.717, 1.165) is 39.8 Å². The van der Waals surface area contributed by atoms with Crippen LogP contribution in [-0.4, -0.2) is 29.0 Å². The van der Waals surface area contributed by atoms with Crippen molar-refractivity contribution in [1.29, 1.82) is 0 Å². The van der Waals surface area contributed by atoms with Crippen LogP contribution in [-0.2, 0) is 27.3 Å². The van der Waals surface area contributed by atoms with Gasteiger partial charge in [0.2, 0.25) is 0 Å². The lowest BCUT2D eigenvalue weighted by Crippen LogP contribution is -2.41. The summed E-state index contributed by atoms with van der Waals surface area (Å²) < 4.78 is 5.00. The number of fused-ring (bicyclic) bond motifs is 3. The Bertz CT molecular complexity index is 1640. The number of carboxylic acids is 1. The first-order chi connectivity index (χ1) is 21.6. The van der Waals surface area contributed by atoms with Gasteiger partial charge >= 0.3 is 12.1 Å². The molecule has 0 aliphatic heterocycles. The van der Waals surface area contributed by atoms with Crippen LogP contribution < -0.4 is 5.32 Å². The van der Waals surface area contributed by atoms with E-state index in [1.807, 2.05) is 78.9 Å². The SMILES string of the molecule is O=C(NC(CCSC(c1ccccc1)(c1ccccc1)c1ccccc1)C(=O)O)OCc1cccc2c1Cc1ccccc1-2. The molecular formula is C38H33NO4S. The van der Waals surface area contributed by atoms with E-state index in [4.69, 9.17) is 4.74 Å². The molecule has 0 bridgehead atoms. The second-order valence-corrected chi connectivity index (χ2v) is 12.1. The summed E-state index contributed by atoms with van der Waals surface area (Å²) >= 11 is 1.66. The molecule has 2 N–H and O–H groups in total. The number of rotatable bonds is 11. The molecular weight excluding hydrogens is 566 g/mol. The van der Waals surface area contributed by atoms with Crippen molar-refractivity contribution < 1.29 is 19.4 Å². The van der Waals surface area contributed by atoms with Gasteiger partial charge in [0.05, 0.1) is 4.75 Å². The second kappa shape index (κ2) is 13.2. The van der Waals surface area contributed by atoms with Crippen molar-refractivity contribution in [2.45, 2.75) is 30.2 Å². The number of nitrogens with one attached hydrogen (secondary N) is 1. The molecule has 0 saturated heterocycles. The van der Waals surface area contributed by atoms with E-state index in [9.17, 15) is 14.7 Å². The number of thioether (sulfide) groups is 1. The van der Waals surface area contributed by atoms with Crippen LogP contribution in [0.15, 0.2) is 133 Å². The molecule has 0 spiro atoms. The number of alkyl carbamates (subject to hydrolysis) is 1. The van der Waals surface area contributed by atoms with E-state index >= 15 is 0 Å². The fourth-order valence-electron chi connectivity index (χ4n) is 6.04. The Morgan fingerprint density at radius 1 is 0.727 bits per heavy atom. The number of benzene rings is 5. The van der Waals surface area contributed by atoms with Crippen molar-refractivity contribution in [3.05, 3.63) is 167 Å². The van der Waals surface area contributed by atoms with Crippen molar-refractivity contribution >= 4 is 23.8 Å². The highest BCUT2D eigenvalue weighted by molar-refractivity contribution is 8.00. The minimum absolute atomic E-state index is 0.0726. The van der Waals surface area contributed by atoms with E-state index in [0.29, 0.717) is 5.75 Å². The average Bonchev–Trinajstić information content (AvgIpc) is 3.46. The van der Waals surface area contributed by atoms with Gasteiger partial charge in [0, 0.05) is 0 Å². The van der Waals surface area contributed by atoms with Gasteiger partial charge in [0.25, 0.3) is 0 Å². The normalized spacial score (nSPS) is 12.5. The van der Waals surface area contributed by atoms with Crippen LogP contribution >= 0.6 is 11.8 Å². The van der Waals surface area contributed by atoms with Crippen LogP contribution in [0.3, 0.4) is 0 Å². The molecule has 1 aliphatic carbocycles. The number of carboxylic acid groups (broad SMARTS) is 1. The molecule has 1 amide bonds. The summed E-state index contributed by atoms with van der Waals surface area (Å²) in [7, 11) is 0. The summed E-state index contributed by atoms with van der Waals surface area (Å²) in [5, 5.41) is 12.6. The maximum Gasteiger partial charge on any atom is 0.408 e. The number of hydrogen-bond donors (Lipinski definition) is 2. The third-order valence-corrected chi connectivity index (χ3v) is 9.74. The summed E-state index contributed by atoms with van der Waals surface area (Å²) in [6.07, 6.45) is 0.267. The fourth-order valence-corrected chi connectivity index (χ4v) is 7.61. The predicted octanol–water partition coefficient (Wildman–Crippen LogP) is 8.05. The van der Waals surface area contributed by atoms with Gasteiger partial charge in [-0.05, 0) is 63.1 Å². The minimum Gasteiger partial charge on any atom is -0.480 e. The summed E-state index contributed by atoms with van der Waals surface area (Å²) in [4.78, 5) is 25.1. The van der Waals surface area contributed by atoms with Crippen LogP contribution in [0.4, 0.5) is 4.79 Å². The molecule has 1 aliphatic rings. The minimum atomic E-state index is -1.10. The number of aliphatic carboxylic acids is 1. The van der Waals surface area contributed by atoms with Gasteiger partial charge < -0.3 is 15.2 Å². The predicted molar refractivity (Wildman–Crippen MR) is 176 cm³/mol. The second-order valence-electron chi connectivity index (χ2n) is 10.8. The Morgan fingerprint density at radius 2 is 1.27 bits per heavy atom. The number of hydrogen-bond acceptors (Lipinski definition) is 4. The quantitative estimate of drug-likeness (QED) is 0.147. The van der Waals surface area contributed by atoms with E-state index in [1.165, 1.54) is 11.1 Å². The first-order valence-electron chi connectivity index (χ1n) is 14.7. The van der Waals surface area contributed by atoms with Gasteiger partial charge in [-0.3, -0.25) is 0 Å². The van der Waals surface area contributed by atoms with Gasteiger partial charge in [0.1, 0.15) is 12.6 Å². The molecule has 6 heteroatoms. The Hall–Kier alpha value is -4.81. The Labute approximate surface area is 261 Å². The molecule has 0 saturated carbocycles. The molecule has 0 fully saturated rings. The smallest absolute Gasteiger partial charge is 0.408 e. The van der Waals surface area contributed by atoms with Crippen molar-refractivity contribution in [2.24, 2.45) is 0 Å². The summed E-state index contributed by atoms with van der Waals surface area (Å²) in [6, 6.07) is 44.0. The van der Waals surface area contributed by atoms with Crippen molar-refractivity contribution in [3.8, 4) is 11.1 Å². The highest BCUT2D eigenvalue weighted by atomic mass is 32.2. The monoisotopic (exact) mass is 599 g/mol. The molecule has 5 aromatic rings. The zero-order valence-electron chi connectivity index (χ0n) is 24.2. The third-order valence-electron chi connectivity index (χ3n) is 8.16. The van der Waals surface area contributed by atoms with E-state index in [-0.39, 0.29) is 13.0 Å². The molecule has 5 aromatic carbocycles. The van der Waals surface area contributed by atoms with Crippen molar-refractivity contribution in [2.75, 3.05) is 5.75 Å². The van der Waals surface area contributed by atoms with Gasteiger partial charge in [-0.2, -0.15) is 0 Å². The zero-order chi connectivity index (χ0) is 30.4. The van der Waals surface area contributed by atoms with E-state index in [2.05, 4.69) is 59.9 Å². The van der Waals surface area contributed by atoms with Gasteiger partial charge in [0.15, 0.2) is 0 Å². The molecule has 1 atom stereocenters. The zero-order valence-corrected chi connectivity index (χ0v) is 25.0. The van der Waals surface area contributed by atoms with E-state index < -0.39 is 22.9 Å². The molecule has 44 heavy (non-hydrogen) atoms. The Morgan fingerprint density at radius 3 is 1.86 bits per heavy atom. The summed E-state index contributed by atoms with van der Waals surface area (Å²) in [6.45, 7) is 0.0726. The van der Waals surface area contributed by atoms with Crippen molar-refractivity contribution in [1.82, 2.24) is 5.32 Å². The topological polar surface area (TPSA) is 75.6 Å². The largest absolute Gasteiger partial charge is 0.480 e. The van der Waals surface area contributed by atoms with E-state index in [1.54, 1.807) is 11.8 Å². The standard InChI is InChI=1S/C38H33NO4S/c40-36(41)35(39-37(42)43-26-28-14-12-22-33-32-21-11-10-13-27(32)25-34(28)33)23-24-44-38(29-15-4-1-5-16-29,30-17-6-2-7-18-30)31-19-8-3-9-20-31/h1-22,35H,23-26H2,(H,39,42)(H,40,41). The summed E-state index contributed by atoms with van der Waals surface area (Å²) in [5.74, 6) is -0.622. The van der Waals surface area contributed by atoms with Crippen LogP contribution in [0.25, 0.3) is 11.1 Å². The van der Waals surface area contributed by atoms with Gasteiger partial charge in [-0.25, -0.2) is 9.59 Å². The Kier molecular flexibility index (Phi) is 8.80. The highest BCUT2D eigenvalue weighted by Crippen LogP contribution is 2.48. The van der Waals surface area contributed by atoms with Crippen LogP contribution in [0.5, 0.6) is 0 Å². The number of ether oxygens (including phenoxy) is 1. The molecule has 0 radical (unpaired) electrons. The molecule has 0 aromatic heterocycles. The van der Waals surface area contributed by atoms with Gasteiger partial charge in [-0.15, -0.1) is 11.8 Å². The fraction of sp³-hybridized carbons (Fsp3) is 0.158. The van der Waals surface area contributed by atoms with Crippen molar-refractivity contribution in [3.63, 3.8) is 0 Å². The maximum atomic E-state index is 12.9. The molecule has 220 valence electrons. The maximum absolute atomic E-state index is 12.9. The number of carbonyl (C=O) groups excluding carboxylic acids is 1. The first kappa shape index (κ1) is 29.3.